The molecule has 7 nitrogen and oxygen atoms in total. The number of carboxylic acid groups (broad SMARTS) is 1. The van der Waals surface area contributed by atoms with Crippen molar-refractivity contribution < 1.29 is 24.2 Å². The van der Waals surface area contributed by atoms with E-state index in [0.717, 1.165) is 7.11 Å². The second kappa shape index (κ2) is 5.81. The van der Waals surface area contributed by atoms with Crippen molar-refractivity contribution in [2.45, 2.75) is 0 Å². The average molecular weight is 190 g/mol. The molecule has 0 aromatic heterocycles. The van der Waals surface area contributed by atoms with Gasteiger partial charge < -0.3 is 20.5 Å². The molecular formula is C6H10N2O5. The van der Waals surface area contributed by atoms with Crippen molar-refractivity contribution in [3.05, 3.63) is 0 Å². The molecule has 0 aliphatic heterocycles. The van der Waals surface area contributed by atoms with Gasteiger partial charge in [-0.2, -0.15) is 0 Å². The summed E-state index contributed by atoms with van der Waals surface area (Å²) in [6.45, 7) is -0.776. The molecule has 0 saturated heterocycles. The summed E-state index contributed by atoms with van der Waals surface area (Å²) in [5.74, 6) is -1.74. The van der Waals surface area contributed by atoms with Crippen LogP contribution in [0.15, 0.2) is 0 Å². The Hall–Kier alpha value is -1.79. The first-order valence-electron chi connectivity index (χ1n) is 3.36. The predicted molar refractivity (Wildman–Crippen MR) is 41.1 cm³/mol. The summed E-state index contributed by atoms with van der Waals surface area (Å²) in [4.78, 5) is 31.1. The van der Waals surface area contributed by atoms with Crippen LogP contribution in [-0.4, -0.2) is 43.3 Å². The lowest BCUT2D eigenvalue weighted by Crippen LogP contribution is -2.38. The normalized spacial score (nSPS) is 8.69. The number of nitrogens with one attached hydrogen (secondary N) is 2. The van der Waals surface area contributed by atoms with Gasteiger partial charge in [-0.15, -0.1) is 0 Å². The molecule has 0 atom stereocenters. The third-order valence-electron chi connectivity index (χ3n) is 1.02. The molecule has 7 heteroatoms. The second-order valence-electron chi connectivity index (χ2n) is 2.02. The fraction of sp³-hybridized carbons (Fsp3) is 0.500. The zero-order valence-corrected chi connectivity index (χ0v) is 6.99. The summed E-state index contributed by atoms with van der Waals surface area (Å²) in [5.41, 5.74) is 0. The van der Waals surface area contributed by atoms with E-state index in [9.17, 15) is 14.4 Å². The molecule has 0 heterocycles. The highest BCUT2D eigenvalue weighted by Gasteiger charge is 2.05. The first-order valence-corrected chi connectivity index (χ1v) is 3.36. The van der Waals surface area contributed by atoms with E-state index < -0.39 is 24.5 Å². The van der Waals surface area contributed by atoms with Crippen LogP contribution < -0.4 is 10.6 Å². The van der Waals surface area contributed by atoms with Crippen LogP contribution in [0.3, 0.4) is 0 Å². The largest absolute Gasteiger partial charge is 0.480 e. The van der Waals surface area contributed by atoms with E-state index >= 15 is 0 Å². The number of carbonyl (C=O) groups excluding carboxylic acids is 2. The van der Waals surface area contributed by atoms with Crippen molar-refractivity contribution >= 4 is 18.0 Å². The molecule has 3 N–H and O–H groups in total. The first-order chi connectivity index (χ1) is 6.06. The van der Waals surface area contributed by atoms with Gasteiger partial charge in [0.25, 0.3) is 0 Å². The van der Waals surface area contributed by atoms with Gasteiger partial charge in [-0.1, -0.05) is 0 Å². The quantitative estimate of drug-likeness (QED) is 0.502. The summed E-state index contributed by atoms with van der Waals surface area (Å²) in [7, 11) is 1.16. The van der Waals surface area contributed by atoms with Crippen LogP contribution in [0.1, 0.15) is 0 Å². The van der Waals surface area contributed by atoms with Gasteiger partial charge in [0.05, 0.1) is 7.11 Å². The van der Waals surface area contributed by atoms with Crippen LogP contribution >= 0.6 is 0 Å². The predicted octanol–water partition coefficient (Wildman–Crippen LogP) is -1.46. The summed E-state index contributed by atoms with van der Waals surface area (Å²) in [5, 5.41) is 12.3. The number of rotatable bonds is 4. The average Bonchev–Trinajstić information content (AvgIpc) is 2.10. The summed E-state index contributed by atoms with van der Waals surface area (Å²) in [6, 6.07) is 0. The molecule has 2 amide bonds. The van der Waals surface area contributed by atoms with Crippen LogP contribution in [0, 0.1) is 0 Å². The molecule has 0 aromatic carbocycles. The highest BCUT2D eigenvalue weighted by atomic mass is 16.5. The minimum Gasteiger partial charge on any atom is -0.480 e. The molecule has 13 heavy (non-hydrogen) atoms. The minimum atomic E-state index is -1.15. The zero-order chi connectivity index (χ0) is 10.3. The molecule has 0 unspecified atom stereocenters. The maximum absolute atomic E-state index is 10.7. The Morgan fingerprint density at radius 2 is 1.85 bits per heavy atom. The number of alkyl carbamates (subject to hydrolysis) is 1. The molecule has 0 aliphatic rings. The Kier molecular flexibility index (Phi) is 5.01. The lowest BCUT2D eigenvalue weighted by atomic mass is 10.5. The van der Waals surface area contributed by atoms with E-state index in [1.807, 2.05) is 0 Å². The van der Waals surface area contributed by atoms with E-state index in [4.69, 9.17) is 5.11 Å². The number of aliphatic carboxylic acids is 1. The fourth-order valence-electron chi connectivity index (χ4n) is 0.461. The van der Waals surface area contributed by atoms with Crippen LogP contribution in [0.25, 0.3) is 0 Å². The summed E-state index contributed by atoms with van der Waals surface area (Å²) < 4.78 is 4.18. The van der Waals surface area contributed by atoms with Gasteiger partial charge in [0.15, 0.2) is 0 Å². The van der Waals surface area contributed by atoms with Gasteiger partial charge in [-0.25, -0.2) is 4.79 Å². The van der Waals surface area contributed by atoms with Crippen molar-refractivity contribution in [3.63, 3.8) is 0 Å². The number of carbonyl (C=O) groups is 3. The third-order valence-corrected chi connectivity index (χ3v) is 1.02. The number of ether oxygens (including phenoxy) is 1. The van der Waals surface area contributed by atoms with E-state index in [0.29, 0.717) is 0 Å². The van der Waals surface area contributed by atoms with Gasteiger partial charge in [0.1, 0.15) is 13.1 Å². The smallest absolute Gasteiger partial charge is 0.407 e. The molecule has 0 spiro atoms. The van der Waals surface area contributed by atoms with Crippen molar-refractivity contribution in [2.24, 2.45) is 0 Å². The zero-order valence-electron chi connectivity index (χ0n) is 6.99. The van der Waals surface area contributed by atoms with Crippen LogP contribution in [-0.2, 0) is 14.3 Å². The van der Waals surface area contributed by atoms with Crippen molar-refractivity contribution in [3.8, 4) is 0 Å². The van der Waals surface area contributed by atoms with E-state index in [-0.39, 0.29) is 6.54 Å². The van der Waals surface area contributed by atoms with Crippen LogP contribution in [0.4, 0.5) is 4.79 Å². The number of hydrogen-bond acceptors (Lipinski definition) is 4. The molecule has 74 valence electrons. The molecule has 0 fully saturated rings. The maximum Gasteiger partial charge on any atom is 0.407 e. The molecule has 0 bridgehead atoms. The van der Waals surface area contributed by atoms with Crippen molar-refractivity contribution in [1.29, 1.82) is 0 Å². The Balaban J connectivity index is 3.52. The standard InChI is InChI=1S/C6H10N2O5/c1-13-6(12)8-2-4(9)7-3-5(10)11/h2-3H2,1H3,(H,7,9)(H,8,12)(H,10,11). The molecular weight excluding hydrogens is 180 g/mol. The second-order valence-corrected chi connectivity index (χ2v) is 2.02. The highest BCUT2D eigenvalue weighted by Crippen LogP contribution is 1.70. The Bertz CT molecular complexity index is 215. The van der Waals surface area contributed by atoms with Crippen molar-refractivity contribution in [1.82, 2.24) is 10.6 Å². The number of carboxylic acids is 1. The molecule has 0 radical (unpaired) electrons. The number of hydrogen-bond donors (Lipinski definition) is 3. The van der Waals surface area contributed by atoms with Gasteiger partial charge in [-0.3, -0.25) is 9.59 Å². The summed E-state index contributed by atoms with van der Waals surface area (Å²) in [6.07, 6.45) is -0.745. The first kappa shape index (κ1) is 11.2. The Labute approximate surface area is 74.1 Å². The lowest BCUT2D eigenvalue weighted by Gasteiger charge is -2.03. The molecule has 0 rings (SSSR count). The van der Waals surface area contributed by atoms with Gasteiger partial charge >= 0.3 is 12.1 Å². The van der Waals surface area contributed by atoms with E-state index in [2.05, 4.69) is 15.4 Å². The SMILES string of the molecule is COC(=O)NCC(=O)NCC(=O)O. The lowest BCUT2D eigenvalue weighted by molar-refractivity contribution is -0.137. The monoisotopic (exact) mass is 190 g/mol. The Morgan fingerprint density at radius 1 is 1.23 bits per heavy atom. The van der Waals surface area contributed by atoms with Gasteiger partial charge in [-0.05, 0) is 0 Å². The molecule has 0 aromatic rings. The summed E-state index contributed by atoms with van der Waals surface area (Å²) >= 11 is 0. The highest BCUT2D eigenvalue weighted by molar-refractivity contribution is 5.84. The minimum absolute atomic E-state index is 0.306. The third kappa shape index (κ3) is 6.60. The molecule has 0 aliphatic carbocycles. The maximum atomic E-state index is 10.7. The van der Waals surface area contributed by atoms with Crippen LogP contribution in [0.5, 0.6) is 0 Å². The van der Waals surface area contributed by atoms with E-state index in [1.54, 1.807) is 0 Å². The number of methoxy groups -OCH3 is 1. The van der Waals surface area contributed by atoms with E-state index in [1.165, 1.54) is 0 Å². The topological polar surface area (TPSA) is 105 Å². The van der Waals surface area contributed by atoms with Gasteiger partial charge in [0, 0.05) is 0 Å². The molecule has 0 saturated carbocycles. The fourth-order valence-corrected chi connectivity index (χ4v) is 0.461. The van der Waals surface area contributed by atoms with Crippen LogP contribution in [0.2, 0.25) is 0 Å². The number of amides is 2. The Morgan fingerprint density at radius 3 is 2.31 bits per heavy atom. The van der Waals surface area contributed by atoms with Crippen molar-refractivity contribution in [2.75, 3.05) is 20.2 Å². The van der Waals surface area contributed by atoms with Gasteiger partial charge in [0.2, 0.25) is 5.91 Å².